The van der Waals surface area contributed by atoms with Crippen LogP contribution >= 0.6 is 11.3 Å². The molecule has 0 amide bonds. The Balaban J connectivity index is 1.15. The van der Waals surface area contributed by atoms with E-state index in [-0.39, 0.29) is 0 Å². The van der Waals surface area contributed by atoms with Crippen LogP contribution in [0.15, 0.2) is 182 Å². The highest BCUT2D eigenvalue weighted by Gasteiger charge is 2.22. The van der Waals surface area contributed by atoms with E-state index in [0.717, 1.165) is 75.6 Å². The Hall–Kier alpha value is -7.35. The molecule has 11 aromatic rings. The Labute approximate surface area is 326 Å². The van der Waals surface area contributed by atoms with E-state index in [2.05, 4.69) is 114 Å². The molecule has 262 valence electrons. The first-order valence-electron chi connectivity index (χ1n) is 18.5. The molecular weight excluding hydrogens is 705 g/mol. The molecule has 0 radical (unpaired) electrons. The molecule has 7 heteroatoms. The molecule has 0 aliphatic carbocycles. The number of hydrogen-bond acceptors (Lipinski definition) is 6. The molecule has 6 nitrogen and oxygen atoms in total. The van der Waals surface area contributed by atoms with E-state index >= 15 is 0 Å². The van der Waals surface area contributed by atoms with E-state index < -0.39 is 0 Å². The molecular formula is C49H30N6S. The fraction of sp³-hybridized carbons (Fsp3) is 0. The van der Waals surface area contributed by atoms with Gasteiger partial charge in [-0.3, -0.25) is 4.57 Å². The minimum absolute atomic E-state index is 0.565. The number of benzene rings is 7. The van der Waals surface area contributed by atoms with Crippen LogP contribution in [0, 0.1) is 0 Å². The second-order valence-electron chi connectivity index (χ2n) is 13.7. The molecule has 4 aromatic heterocycles. The number of aromatic nitrogens is 6. The van der Waals surface area contributed by atoms with Gasteiger partial charge in [0.25, 0.3) is 0 Å². The zero-order chi connectivity index (χ0) is 37.0. The summed E-state index contributed by atoms with van der Waals surface area (Å²) < 4.78 is 4.34. The van der Waals surface area contributed by atoms with Crippen molar-refractivity contribution in [2.24, 2.45) is 0 Å². The molecule has 0 aliphatic rings. The zero-order valence-electron chi connectivity index (χ0n) is 29.9. The largest absolute Gasteiger partial charge is 0.278 e. The maximum Gasteiger partial charge on any atom is 0.238 e. The van der Waals surface area contributed by atoms with E-state index in [0.29, 0.717) is 23.4 Å². The molecule has 0 atom stereocenters. The fourth-order valence-electron chi connectivity index (χ4n) is 7.58. The minimum atomic E-state index is 0.565. The lowest BCUT2D eigenvalue weighted by molar-refractivity contribution is 0.954. The van der Waals surface area contributed by atoms with Crippen LogP contribution in [0.2, 0.25) is 0 Å². The van der Waals surface area contributed by atoms with Crippen LogP contribution in [0.5, 0.6) is 0 Å². The number of thiophene rings is 1. The fourth-order valence-corrected chi connectivity index (χ4v) is 8.75. The molecule has 0 aliphatic heterocycles. The standard InChI is InChI=1S/C49H30N6S/c1-5-15-31(16-6-1)32-25-27-36(28-26-32)46-50-43(33-17-7-2-8-18-33)45-44(51-46)39-29-38-37-23-13-14-24-40(37)55(41(38)30-42(39)56-45)49-53-47(34-19-9-3-10-20-34)52-48(54-49)35-21-11-4-12-22-35/h1-30H. The third-order valence-corrected chi connectivity index (χ3v) is 11.4. The van der Waals surface area contributed by atoms with Crippen molar-refractivity contribution in [2.45, 2.75) is 0 Å². The van der Waals surface area contributed by atoms with Gasteiger partial charge in [-0.2, -0.15) is 9.97 Å². The van der Waals surface area contributed by atoms with Crippen LogP contribution in [0.3, 0.4) is 0 Å². The molecule has 11 rings (SSSR count). The van der Waals surface area contributed by atoms with Gasteiger partial charge in [0.05, 0.1) is 26.9 Å². The third kappa shape index (κ3) is 5.44. The van der Waals surface area contributed by atoms with Gasteiger partial charge >= 0.3 is 0 Å². The van der Waals surface area contributed by atoms with Crippen molar-refractivity contribution in [1.29, 1.82) is 0 Å². The van der Waals surface area contributed by atoms with Gasteiger partial charge in [0.1, 0.15) is 0 Å². The average Bonchev–Trinajstić information content (AvgIpc) is 3.81. The normalized spacial score (nSPS) is 11.6. The summed E-state index contributed by atoms with van der Waals surface area (Å²) in [6.45, 7) is 0. The number of rotatable bonds is 6. The van der Waals surface area contributed by atoms with Gasteiger partial charge in [-0.1, -0.05) is 164 Å². The lowest BCUT2D eigenvalue weighted by atomic mass is 10.0. The zero-order valence-corrected chi connectivity index (χ0v) is 30.7. The van der Waals surface area contributed by atoms with Crippen molar-refractivity contribution in [3.05, 3.63) is 182 Å². The Kier molecular flexibility index (Phi) is 7.57. The van der Waals surface area contributed by atoms with Crippen LogP contribution in [-0.2, 0) is 0 Å². The Morgan fingerprint density at radius 1 is 0.357 bits per heavy atom. The molecule has 0 spiro atoms. The van der Waals surface area contributed by atoms with Crippen molar-refractivity contribution < 1.29 is 0 Å². The summed E-state index contributed by atoms with van der Waals surface area (Å²) >= 11 is 1.72. The van der Waals surface area contributed by atoms with E-state index in [1.54, 1.807) is 11.3 Å². The topological polar surface area (TPSA) is 69.4 Å². The van der Waals surface area contributed by atoms with Crippen molar-refractivity contribution in [1.82, 2.24) is 29.5 Å². The molecule has 56 heavy (non-hydrogen) atoms. The minimum Gasteiger partial charge on any atom is -0.278 e. The quantitative estimate of drug-likeness (QED) is 0.170. The maximum absolute atomic E-state index is 5.32. The van der Waals surface area contributed by atoms with E-state index in [9.17, 15) is 0 Å². The summed E-state index contributed by atoms with van der Waals surface area (Å²) in [4.78, 5) is 25.8. The number of para-hydroxylation sites is 1. The highest BCUT2D eigenvalue weighted by Crippen LogP contribution is 2.43. The van der Waals surface area contributed by atoms with E-state index in [4.69, 9.17) is 24.9 Å². The summed E-state index contributed by atoms with van der Waals surface area (Å²) in [5.41, 5.74) is 10.1. The monoisotopic (exact) mass is 734 g/mol. The van der Waals surface area contributed by atoms with Crippen molar-refractivity contribution >= 4 is 53.4 Å². The Morgan fingerprint density at radius 2 is 0.857 bits per heavy atom. The van der Waals surface area contributed by atoms with Gasteiger partial charge in [0, 0.05) is 43.1 Å². The Morgan fingerprint density at radius 3 is 1.50 bits per heavy atom. The second kappa shape index (κ2) is 13.2. The molecule has 0 saturated heterocycles. The average molecular weight is 735 g/mol. The van der Waals surface area contributed by atoms with Crippen LogP contribution in [0.1, 0.15) is 0 Å². The molecule has 0 unspecified atom stereocenters. The van der Waals surface area contributed by atoms with Gasteiger partial charge in [0.2, 0.25) is 5.95 Å². The first-order valence-corrected chi connectivity index (χ1v) is 19.3. The number of nitrogens with zero attached hydrogens (tertiary/aromatic N) is 6. The van der Waals surface area contributed by atoms with Gasteiger partial charge in [-0.25, -0.2) is 15.0 Å². The van der Waals surface area contributed by atoms with Crippen LogP contribution in [0.25, 0.3) is 105 Å². The maximum atomic E-state index is 5.32. The van der Waals surface area contributed by atoms with E-state index in [1.165, 1.54) is 5.56 Å². The lowest BCUT2D eigenvalue weighted by Gasteiger charge is -2.10. The van der Waals surface area contributed by atoms with Crippen LogP contribution in [0.4, 0.5) is 0 Å². The molecule has 4 heterocycles. The number of hydrogen-bond donors (Lipinski definition) is 0. The predicted octanol–water partition coefficient (Wildman–Crippen LogP) is 12.5. The summed E-state index contributed by atoms with van der Waals surface area (Å²) in [6.07, 6.45) is 0. The van der Waals surface area contributed by atoms with Gasteiger partial charge < -0.3 is 0 Å². The summed E-state index contributed by atoms with van der Waals surface area (Å²) in [7, 11) is 0. The summed E-state index contributed by atoms with van der Waals surface area (Å²) in [5.74, 6) is 2.51. The van der Waals surface area contributed by atoms with E-state index in [1.807, 2.05) is 72.8 Å². The first-order chi connectivity index (χ1) is 27.7. The highest BCUT2D eigenvalue weighted by molar-refractivity contribution is 7.26. The third-order valence-electron chi connectivity index (χ3n) is 10.3. The van der Waals surface area contributed by atoms with Crippen molar-refractivity contribution in [3.63, 3.8) is 0 Å². The van der Waals surface area contributed by atoms with Crippen molar-refractivity contribution in [3.8, 4) is 62.5 Å². The Bertz CT molecular complexity index is 3160. The molecule has 0 N–H and O–H groups in total. The SMILES string of the molecule is c1ccc(-c2ccc(-c3nc(-c4ccccc4)c4sc5cc6c(cc5c4n3)c3ccccc3n6-c3nc(-c4ccccc4)nc(-c4ccccc4)n3)cc2)cc1. The molecule has 0 bridgehead atoms. The lowest BCUT2D eigenvalue weighted by Crippen LogP contribution is -2.06. The highest BCUT2D eigenvalue weighted by atomic mass is 32.1. The van der Waals surface area contributed by atoms with Gasteiger partial charge in [-0.15, -0.1) is 11.3 Å². The smallest absolute Gasteiger partial charge is 0.238 e. The number of fused-ring (bicyclic) bond motifs is 6. The van der Waals surface area contributed by atoms with Crippen LogP contribution < -0.4 is 0 Å². The van der Waals surface area contributed by atoms with Gasteiger partial charge in [0.15, 0.2) is 17.5 Å². The van der Waals surface area contributed by atoms with Crippen LogP contribution in [-0.4, -0.2) is 29.5 Å². The van der Waals surface area contributed by atoms with Crippen molar-refractivity contribution in [2.75, 3.05) is 0 Å². The summed E-state index contributed by atoms with van der Waals surface area (Å²) in [6, 6.07) is 62.7. The molecule has 7 aromatic carbocycles. The molecule has 0 fully saturated rings. The second-order valence-corrected chi connectivity index (χ2v) is 14.8. The summed E-state index contributed by atoms with van der Waals surface area (Å²) in [5, 5.41) is 3.30. The van der Waals surface area contributed by atoms with Gasteiger partial charge in [-0.05, 0) is 29.3 Å². The molecule has 0 saturated carbocycles. The predicted molar refractivity (Wildman–Crippen MR) is 230 cm³/mol. The first kappa shape index (κ1) is 32.1.